The molecule has 0 saturated carbocycles. The number of rotatable bonds is 1. The Labute approximate surface area is 75.3 Å². The van der Waals surface area contributed by atoms with Crippen LogP contribution in [0.2, 0.25) is 0 Å². The topological polar surface area (TPSA) is 40.5 Å². The Kier molecular flexibility index (Phi) is 2.85. The van der Waals surface area contributed by atoms with Crippen LogP contribution >= 0.6 is 0 Å². The molecule has 1 aliphatic heterocycles. The molecule has 0 bridgehead atoms. The van der Waals surface area contributed by atoms with Crippen molar-refractivity contribution in [3.63, 3.8) is 0 Å². The summed E-state index contributed by atoms with van der Waals surface area (Å²) < 4.78 is 26.3. The number of alkyl halides is 2. The van der Waals surface area contributed by atoms with E-state index in [4.69, 9.17) is 5.11 Å². The number of hydrogen-bond acceptors (Lipinski definition) is 2. The maximum absolute atomic E-state index is 13.1. The molecule has 1 rings (SSSR count). The van der Waals surface area contributed by atoms with E-state index in [2.05, 4.69) is 0 Å². The molecule has 1 saturated heterocycles. The summed E-state index contributed by atoms with van der Waals surface area (Å²) in [4.78, 5) is 12.3. The van der Waals surface area contributed by atoms with Crippen LogP contribution in [-0.4, -0.2) is 42.0 Å². The molecule has 76 valence electrons. The fourth-order valence-electron chi connectivity index (χ4n) is 1.49. The summed E-state index contributed by atoms with van der Waals surface area (Å²) in [6.45, 7) is 0.684. The van der Waals surface area contributed by atoms with Gasteiger partial charge in [0.15, 0.2) is 0 Å². The van der Waals surface area contributed by atoms with E-state index in [0.29, 0.717) is 6.54 Å². The SMILES string of the molecule is CN1CCC(C(=O)O)C(F)(F)CC1. The van der Waals surface area contributed by atoms with Gasteiger partial charge in [-0.25, -0.2) is 8.78 Å². The molecule has 1 heterocycles. The van der Waals surface area contributed by atoms with Crippen molar-refractivity contribution < 1.29 is 18.7 Å². The maximum Gasteiger partial charge on any atom is 0.312 e. The number of aliphatic carboxylic acids is 1. The van der Waals surface area contributed by atoms with Crippen molar-refractivity contribution in [3.05, 3.63) is 0 Å². The summed E-state index contributed by atoms with van der Waals surface area (Å²) in [6.07, 6.45) is -0.334. The van der Waals surface area contributed by atoms with E-state index < -0.39 is 17.8 Å². The van der Waals surface area contributed by atoms with Gasteiger partial charge in [0.1, 0.15) is 5.92 Å². The Morgan fingerprint density at radius 1 is 1.54 bits per heavy atom. The number of nitrogens with zero attached hydrogens (tertiary/aromatic N) is 1. The van der Waals surface area contributed by atoms with Gasteiger partial charge in [-0.3, -0.25) is 4.79 Å². The summed E-state index contributed by atoms with van der Waals surface area (Å²) in [5.74, 6) is -5.96. The zero-order chi connectivity index (χ0) is 10.1. The summed E-state index contributed by atoms with van der Waals surface area (Å²) in [5, 5.41) is 8.59. The molecule has 0 spiro atoms. The molecule has 3 nitrogen and oxygen atoms in total. The predicted molar refractivity (Wildman–Crippen MR) is 42.8 cm³/mol. The van der Waals surface area contributed by atoms with E-state index in [9.17, 15) is 13.6 Å². The lowest BCUT2D eigenvalue weighted by molar-refractivity contribution is -0.157. The van der Waals surface area contributed by atoms with E-state index in [0.717, 1.165) is 0 Å². The molecule has 5 heteroatoms. The van der Waals surface area contributed by atoms with Crippen molar-refractivity contribution in [3.8, 4) is 0 Å². The lowest BCUT2D eigenvalue weighted by atomic mass is 9.97. The van der Waals surface area contributed by atoms with Gasteiger partial charge in [-0.15, -0.1) is 0 Å². The molecular formula is C8H13F2NO2. The zero-order valence-electron chi connectivity index (χ0n) is 7.46. The summed E-state index contributed by atoms with van der Waals surface area (Å²) in [5.41, 5.74) is 0. The number of carboxylic acids is 1. The first-order valence-corrected chi connectivity index (χ1v) is 4.22. The molecular weight excluding hydrogens is 180 g/mol. The van der Waals surface area contributed by atoms with E-state index in [1.165, 1.54) is 0 Å². The van der Waals surface area contributed by atoms with Crippen LogP contribution in [0.25, 0.3) is 0 Å². The van der Waals surface area contributed by atoms with Crippen molar-refractivity contribution in [2.75, 3.05) is 20.1 Å². The van der Waals surface area contributed by atoms with Crippen LogP contribution in [0.4, 0.5) is 8.78 Å². The third-order valence-corrected chi connectivity index (χ3v) is 2.43. The van der Waals surface area contributed by atoms with Gasteiger partial charge in [-0.05, 0) is 20.0 Å². The minimum atomic E-state index is -3.06. The number of hydrogen-bond donors (Lipinski definition) is 1. The highest BCUT2D eigenvalue weighted by Gasteiger charge is 2.45. The smallest absolute Gasteiger partial charge is 0.312 e. The monoisotopic (exact) mass is 193 g/mol. The molecule has 0 radical (unpaired) electrons. The van der Waals surface area contributed by atoms with Crippen molar-refractivity contribution in [1.29, 1.82) is 0 Å². The lowest BCUT2D eigenvalue weighted by Gasteiger charge is -2.19. The van der Waals surface area contributed by atoms with E-state index in [1.54, 1.807) is 11.9 Å². The Morgan fingerprint density at radius 2 is 2.15 bits per heavy atom. The van der Waals surface area contributed by atoms with Crippen LogP contribution in [0.1, 0.15) is 12.8 Å². The van der Waals surface area contributed by atoms with Gasteiger partial charge in [0.2, 0.25) is 0 Å². The van der Waals surface area contributed by atoms with Gasteiger partial charge in [0.25, 0.3) is 5.92 Å². The van der Waals surface area contributed by atoms with Crippen LogP contribution in [-0.2, 0) is 4.79 Å². The van der Waals surface area contributed by atoms with Crippen LogP contribution in [0.5, 0.6) is 0 Å². The second-order valence-corrected chi connectivity index (χ2v) is 3.49. The van der Waals surface area contributed by atoms with Crippen molar-refractivity contribution in [2.45, 2.75) is 18.8 Å². The minimum absolute atomic E-state index is 0.0266. The first-order valence-electron chi connectivity index (χ1n) is 4.22. The Balaban J connectivity index is 2.74. The first kappa shape index (κ1) is 10.4. The van der Waals surface area contributed by atoms with Crippen LogP contribution in [0.15, 0.2) is 0 Å². The second kappa shape index (κ2) is 3.57. The molecule has 13 heavy (non-hydrogen) atoms. The number of likely N-dealkylation sites (tertiary alicyclic amines) is 1. The molecule has 1 N–H and O–H groups in total. The average molecular weight is 193 g/mol. The highest BCUT2D eigenvalue weighted by atomic mass is 19.3. The Hall–Kier alpha value is -0.710. The normalized spacial score (nSPS) is 29.6. The molecule has 0 amide bonds. The molecule has 0 aromatic rings. The van der Waals surface area contributed by atoms with E-state index in [-0.39, 0.29) is 19.4 Å². The van der Waals surface area contributed by atoms with E-state index >= 15 is 0 Å². The lowest BCUT2D eigenvalue weighted by Crippen LogP contribution is -2.34. The van der Waals surface area contributed by atoms with Gasteiger partial charge in [0.05, 0.1) is 0 Å². The quantitative estimate of drug-likeness (QED) is 0.676. The summed E-state index contributed by atoms with van der Waals surface area (Å²) in [7, 11) is 1.72. The standard InChI is InChI=1S/C8H13F2NO2/c1-11-4-2-6(7(12)13)8(9,10)3-5-11/h6H,2-5H2,1H3,(H,12,13). The fourth-order valence-corrected chi connectivity index (χ4v) is 1.49. The third kappa shape index (κ3) is 2.37. The van der Waals surface area contributed by atoms with Crippen molar-refractivity contribution in [1.82, 2.24) is 4.90 Å². The maximum atomic E-state index is 13.1. The molecule has 1 fully saturated rings. The number of carboxylic acid groups (broad SMARTS) is 1. The van der Waals surface area contributed by atoms with Crippen molar-refractivity contribution in [2.24, 2.45) is 5.92 Å². The molecule has 1 aliphatic rings. The van der Waals surface area contributed by atoms with Crippen LogP contribution < -0.4 is 0 Å². The Morgan fingerprint density at radius 3 is 2.69 bits per heavy atom. The van der Waals surface area contributed by atoms with Crippen LogP contribution in [0, 0.1) is 5.92 Å². The van der Waals surface area contributed by atoms with Gasteiger partial charge in [0, 0.05) is 13.0 Å². The largest absolute Gasteiger partial charge is 0.481 e. The van der Waals surface area contributed by atoms with E-state index in [1.807, 2.05) is 0 Å². The minimum Gasteiger partial charge on any atom is -0.481 e. The highest BCUT2D eigenvalue weighted by molar-refractivity contribution is 5.71. The third-order valence-electron chi connectivity index (χ3n) is 2.43. The highest BCUT2D eigenvalue weighted by Crippen LogP contribution is 2.33. The number of carbonyl (C=O) groups is 1. The van der Waals surface area contributed by atoms with Gasteiger partial charge in [-0.2, -0.15) is 0 Å². The molecule has 1 unspecified atom stereocenters. The Bertz CT molecular complexity index is 208. The summed E-state index contributed by atoms with van der Waals surface area (Å²) in [6, 6.07) is 0. The zero-order valence-corrected chi connectivity index (χ0v) is 7.46. The molecule has 0 aromatic heterocycles. The van der Waals surface area contributed by atoms with Gasteiger partial charge in [-0.1, -0.05) is 0 Å². The summed E-state index contributed by atoms with van der Waals surface area (Å²) >= 11 is 0. The molecule has 1 atom stereocenters. The van der Waals surface area contributed by atoms with Crippen molar-refractivity contribution >= 4 is 5.97 Å². The van der Waals surface area contributed by atoms with Crippen LogP contribution in [0.3, 0.4) is 0 Å². The first-order chi connectivity index (χ1) is 5.93. The molecule has 0 aliphatic carbocycles. The predicted octanol–water partition coefficient (Wildman–Crippen LogP) is 1.05. The van der Waals surface area contributed by atoms with Gasteiger partial charge >= 0.3 is 5.97 Å². The fraction of sp³-hybridized carbons (Fsp3) is 0.875. The average Bonchev–Trinajstić information content (AvgIpc) is 2.11. The number of halogens is 2. The van der Waals surface area contributed by atoms with Gasteiger partial charge < -0.3 is 10.0 Å². The second-order valence-electron chi connectivity index (χ2n) is 3.49. The molecule has 0 aromatic carbocycles.